The Bertz CT molecular complexity index is 303. The third-order valence-electron chi connectivity index (χ3n) is 1.85. The molecule has 0 spiro atoms. The van der Waals surface area contributed by atoms with Gasteiger partial charge in [-0.15, -0.1) is 0 Å². The summed E-state index contributed by atoms with van der Waals surface area (Å²) in [5.41, 5.74) is 0.676. The molecule has 0 aliphatic heterocycles. The Kier molecular flexibility index (Phi) is 3.77. The van der Waals surface area contributed by atoms with Gasteiger partial charge in [-0.3, -0.25) is 0 Å². The van der Waals surface area contributed by atoms with Gasteiger partial charge in [0.1, 0.15) is 5.75 Å². The molecule has 0 aliphatic rings. The smallest absolute Gasteiger partial charge is 0.491 e. The molecular weight excluding hydrogens is 191 g/mol. The molecule has 0 saturated carbocycles. The molecule has 1 rings (SSSR count). The van der Waals surface area contributed by atoms with Gasteiger partial charge >= 0.3 is 7.12 Å². The van der Waals surface area contributed by atoms with Crippen LogP contribution < -0.4 is 5.46 Å². The summed E-state index contributed by atoms with van der Waals surface area (Å²) in [6.45, 7) is 6.60. The van der Waals surface area contributed by atoms with Crippen LogP contribution in [0.4, 0.5) is 0 Å². The molecule has 0 amide bonds. The highest BCUT2D eigenvalue weighted by Gasteiger charge is 2.20. The highest BCUT2D eigenvalue weighted by molar-refractivity contribution is 6.59. The summed E-state index contributed by atoms with van der Waals surface area (Å²) in [4.78, 5) is 0. The van der Waals surface area contributed by atoms with Crippen LogP contribution in [0, 0.1) is 5.41 Å². The van der Waals surface area contributed by atoms with E-state index in [0.717, 1.165) is 0 Å². The zero-order valence-electron chi connectivity index (χ0n) is 9.40. The second-order valence-corrected chi connectivity index (χ2v) is 4.82. The molecule has 3 nitrogen and oxygen atoms in total. The van der Waals surface area contributed by atoms with Crippen LogP contribution in [0.15, 0.2) is 24.3 Å². The van der Waals surface area contributed by atoms with Crippen molar-refractivity contribution in [2.45, 2.75) is 20.8 Å². The minimum Gasteiger partial charge on any atom is -0.508 e. The zero-order valence-corrected chi connectivity index (χ0v) is 9.40. The maximum Gasteiger partial charge on any atom is 0.491 e. The molecule has 0 heterocycles. The molecule has 0 bridgehead atoms. The minimum absolute atomic E-state index is 0.0257. The fourth-order valence-electron chi connectivity index (χ4n) is 1.06. The number of phenolic OH excluding ortho intramolecular Hbond substituents is 1. The molecule has 0 radical (unpaired) electrons. The molecule has 1 aromatic carbocycles. The van der Waals surface area contributed by atoms with Gasteiger partial charge in [-0.25, -0.2) is 0 Å². The van der Waals surface area contributed by atoms with E-state index in [4.69, 9.17) is 9.76 Å². The van der Waals surface area contributed by atoms with Crippen LogP contribution >= 0.6 is 0 Å². The van der Waals surface area contributed by atoms with Crippen molar-refractivity contribution >= 4 is 12.6 Å². The fourth-order valence-corrected chi connectivity index (χ4v) is 1.06. The normalized spacial score (nSPS) is 11.5. The number of hydrogen-bond donors (Lipinski definition) is 2. The van der Waals surface area contributed by atoms with Gasteiger partial charge in [-0.2, -0.15) is 0 Å². The number of hydrogen-bond acceptors (Lipinski definition) is 3. The van der Waals surface area contributed by atoms with Gasteiger partial charge in [0.15, 0.2) is 0 Å². The van der Waals surface area contributed by atoms with Crippen LogP contribution in [0.2, 0.25) is 0 Å². The van der Waals surface area contributed by atoms with Crippen LogP contribution in [0.3, 0.4) is 0 Å². The molecule has 0 atom stereocenters. The van der Waals surface area contributed by atoms with Crippen molar-refractivity contribution in [3.8, 4) is 5.75 Å². The van der Waals surface area contributed by atoms with Crippen molar-refractivity contribution in [2.24, 2.45) is 5.41 Å². The van der Waals surface area contributed by atoms with Crippen LogP contribution in [-0.4, -0.2) is 23.9 Å². The second kappa shape index (κ2) is 4.68. The first-order valence-corrected chi connectivity index (χ1v) is 4.97. The standard InChI is InChI=1S/C11H17BO3/c1-11(2,3)8-15-12(14)9-4-6-10(13)7-5-9/h4-7,13-14H,8H2,1-3H3. The quantitative estimate of drug-likeness (QED) is 0.732. The van der Waals surface area contributed by atoms with Gasteiger partial charge in [-0.1, -0.05) is 32.9 Å². The maximum absolute atomic E-state index is 9.67. The van der Waals surface area contributed by atoms with Gasteiger partial charge in [0.25, 0.3) is 0 Å². The molecule has 15 heavy (non-hydrogen) atoms. The molecule has 2 N–H and O–H groups in total. The number of aromatic hydroxyl groups is 1. The summed E-state index contributed by atoms with van der Waals surface area (Å²) < 4.78 is 5.31. The zero-order chi connectivity index (χ0) is 11.5. The Morgan fingerprint density at radius 2 is 1.73 bits per heavy atom. The molecular formula is C11H17BO3. The van der Waals surface area contributed by atoms with E-state index in [0.29, 0.717) is 12.1 Å². The Morgan fingerprint density at radius 3 is 2.20 bits per heavy atom. The molecule has 0 saturated heterocycles. The van der Waals surface area contributed by atoms with E-state index < -0.39 is 7.12 Å². The molecule has 0 aliphatic carbocycles. The van der Waals surface area contributed by atoms with E-state index in [1.54, 1.807) is 12.1 Å². The van der Waals surface area contributed by atoms with Crippen molar-refractivity contribution in [3.63, 3.8) is 0 Å². The summed E-state index contributed by atoms with van der Waals surface area (Å²) in [7, 11) is -0.926. The number of rotatable bonds is 3. The summed E-state index contributed by atoms with van der Waals surface area (Å²) >= 11 is 0. The lowest BCUT2D eigenvalue weighted by Crippen LogP contribution is -2.36. The van der Waals surface area contributed by atoms with E-state index in [9.17, 15) is 5.02 Å². The van der Waals surface area contributed by atoms with Gasteiger partial charge in [-0.05, 0) is 23.0 Å². The molecule has 0 aromatic heterocycles. The number of phenols is 1. The molecule has 4 heteroatoms. The predicted octanol–water partition coefficient (Wildman–Crippen LogP) is 1.14. The summed E-state index contributed by atoms with van der Waals surface area (Å²) in [6.07, 6.45) is 0. The van der Waals surface area contributed by atoms with Crippen LogP contribution in [0.25, 0.3) is 0 Å². The Morgan fingerprint density at radius 1 is 1.20 bits per heavy atom. The van der Waals surface area contributed by atoms with Crippen LogP contribution in [-0.2, 0) is 4.65 Å². The Balaban J connectivity index is 2.54. The van der Waals surface area contributed by atoms with E-state index in [1.807, 2.05) is 20.8 Å². The Labute approximate surface area is 90.9 Å². The first kappa shape index (κ1) is 12.1. The van der Waals surface area contributed by atoms with E-state index in [-0.39, 0.29) is 11.2 Å². The van der Waals surface area contributed by atoms with Crippen LogP contribution in [0.5, 0.6) is 5.75 Å². The monoisotopic (exact) mass is 208 g/mol. The third-order valence-corrected chi connectivity index (χ3v) is 1.85. The maximum atomic E-state index is 9.67. The van der Waals surface area contributed by atoms with Gasteiger partial charge in [0.2, 0.25) is 0 Å². The van der Waals surface area contributed by atoms with Crippen molar-refractivity contribution < 1.29 is 14.8 Å². The number of benzene rings is 1. The van der Waals surface area contributed by atoms with Crippen molar-refractivity contribution in [3.05, 3.63) is 24.3 Å². The predicted molar refractivity (Wildman–Crippen MR) is 61.1 cm³/mol. The fraction of sp³-hybridized carbons (Fsp3) is 0.455. The molecule has 0 unspecified atom stereocenters. The third kappa shape index (κ3) is 4.36. The largest absolute Gasteiger partial charge is 0.508 e. The van der Waals surface area contributed by atoms with Crippen molar-refractivity contribution in [1.82, 2.24) is 0 Å². The minimum atomic E-state index is -0.926. The van der Waals surface area contributed by atoms with E-state index >= 15 is 0 Å². The summed E-state index contributed by atoms with van der Waals surface area (Å²) in [5.74, 6) is 0.182. The van der Waals surface area contributed by atoms with Crippen molar-refractivity contribution in [1.29, 1.82) is 0 Å². The first-order valence-electron chi connectivity index (χ1n) is 4.97. The Hall–Kier alpha value is -0.995. The van der Waals surface area contributed by atoms with E-state index in [2.05, 4.69) is 0 Å². The van der Waals surface area contributed by atoms with Crippen molar-refractivity contribution in [2.75, 3.05) is 6.61 Å². The van der Waals surface area contributed by atoms with E-state index in [1.165, 1.54) is 12.1 Å². The average molecular weight is 208 g/mol. The molecule has 0 fully saturated rings. The highest BCUT2D eigenvalue weighted by atomic mass is 16.5. The average Bonchev–Trinajstić information content (AvgIpc) is 2.14. The van der Waals surface area contributed by atoms with Gasteiger partial charge in [0, 0.05) is 6.61 Å². The lowest BCUT2D eigenvalue weighted by atomic mass is 9.79. The van der Waals surface area contributed by atoms with Gasteiger partial charge < -0.3 is 14.8 Å². The molecule has 1 aromatic rings. The highest BCUT2D eigenvalue weighted by Crippen LogP contribution is 2.13. The lowest BCUT2D eigenvalue weighted by molar-refractivity contribution is 0.174. The summed E-state index contributed by atoms with van der Waals surface area (Å²) in [6, 6.07) is 6.34. The van der Waals surface area contributed by atoms with Crippen LogP contribution in [0.1, 0.15) is 20.8 Å². The second-order valence-electron chi connectivity index (χ2n) is 4.82. The first-order chi connectivity index (χ1) is 6.88. The van der Waals surface area contributed by atoms with Gasteiger partial charge in [0.05, 0.1) is 0 Å². The SMILES string of the molecule is CC(C)(C)COB(O)c1ccc(O)cc1. The topological polar surface area (TPSA) is 49.7 Å². The molecule has 82 valence electrons. The lowest BCUT2D eigenvalue weighted by Gasteiger charge is -2.19. The summed E-state index contributed by atoms with van der Waals surface area (Å²) in [5, 5.41) is 18.7.